The number of nitrogens with one attached hydrogen (secondary N) is 1. The zero-order chi connectivity index (χ0) is 13.0. The molecule has 2 aromatic rings. The zero-order valence-electron chi connectivity index (χ0n) is 9.84. The number of phenols is 1. The average molecular weight is 263 g/mol. The molecule has 2 N–H and O–H groups in total. The Balaban J connectivity index is 2.03. The number of aromatic hydroxyl groups is 1. The molecule has 18 heavy (non-hydrogen) atoms. The van der Waals surface area contributed by atoms with Gasteiger partial charge >= 0.3 is 0 Å². The molecule has 2 rings (SSSR count). The maximum atomic E-state index is 11.8. The molecule has 4 nitrogen and oxygen atoms in total. The highest BCUT2D eigenvalue weighted by atomic mass is 32.1. The van der Waals surface area contributed by atoms with Gasteiger partial charge in [-0.25, -0.2) is 0 Å². The standard InChI is InChI=1S/C13H13NO3S/c1-17-12-7-9(4-5-11(12)15)14-13(16)8-10-3-2-6-18-10/h2-7,15H,8H2,1H3,(H,14,16). The molecular weight excluding hydrogens is 250 g/mol. The van der Waals surface area contributed by atoms with Crippen LogP contribution in [0.15, 0.2) is 35.7 Å². The van der Waals surface area contributed by atoms with Crippen molar-refractivity contribution in [3.05, 3.63) is 40.6 Å². The third-order valence-electron chi connectivity index (χ3n) is 2.38. The number of ether oxygens (including phenoxy) is 1. The minimum absolute atomic E-state index is 0.0498. The van der Waals surface area contributed by atoms with Crippen LogP contribution in [0, 0.1) is 0 Å². The van der Waals surface area contributed by atoms with Crippen LogP contribution in [-0.4, -0.2) is 18.1 Å². The van der Waals surface area contributed by atoms with Gasteiger partial charge in [-0.1, -0.05) is 6.07 Å². The first kappa shape index (κ1) is 12.4. The number of hydrogen-bond acceptors (Lipinski definition) is 4. The lowest BCUT2D eigenvalue weighted by Gasteiger charge is -2.07. The van der Waals surface area contributed by atoms with E-state index in [-0.39, 0.29) is 11.7 Å². The second-order valence-corrected chi connectivity index (χ2v) is 4.72. The minimum atomic E-state index is -0.0924. The molecule has 0 fully saturated rings. The topological polar surface area (TPSA) is 58.6 Å². The summed E-state index contributed by atoms with van der Waals surface area (Å²) in [6, 6.07) is 8.53. The van der Waals surface area contributed by atoms with Crippen molar-refractivity contribution in [2.45, 2.75) is 6.42 Å². The Kier molecular flexibility index (Phi) is 3.84. The van der Waals surface area contributed by atoms with E-state index >= 15 is 0 Å². The van der Waals surface area contributed by atoms with E-state index in [1.165, 1.54) is 13.2 Å². The normalized spacial score (nSPS) is 10.1. The maximum Gasteiger partial charge on any atom is 0.229 e. The van der Waals surface area contributed by atoms with E-state index in [2.05, 4.69) is 5.32 Å². The molecule has 5 heteroatoms. The second kappa shape index (κ2) is 5.55. The molecule has 0 atom stereocenters. The fourth-order valence-corrected chi connectivity index (χ4v) is 2.24. The largest absolute Gasteiger partial charge is 0.504 e. The lowest BCUT2D eigenvalue weighted by molar-refractivity contribution is -0.115. The molecule has 1 amide bonds. The van der Waals surface area contributed by atoms with Crippen molar-refractivity contribution in [1.82, 2.24) is 0 Å². The van der Waals surface area contributed by atoms with Gasteiger partial charge in [0.25, 0.3) is 0 Å². The molecule has 1 heterocycles. The fraction of sp³-hybridized carbons (Fsp3) is 0.154. The molecule has 0 aliphatic carbocycles. The van der Waals surface area contributed by atoms with E-state index in [0.29, 0.717) is 17.9 Å². The Morgan fingerprint density at radius 1 is 1.44 bits per heavy atom. The number of carbonyl (C=O) groups excluding carboxylic acids is 1. The van der Waals surface area contributed by atoms with Gasteiger partial charge in [-0.2, -0.15) is 0 Å². The van der Waals surface area contributed by atoms with Gasteiger partial charge in [0.15, 0.2) is 11.5 Å². The first-order chi connectivity index (χ1) is 8.69. The van der Waals surface area contributed by atoms with E-state index in [1.54, 1.807) is 23.5 Å². The molecule has 1 aromatic heterocycles. The molecule has 0 unspecified atom stereocenters. The zero-order valence-corrected chi connectivity index (χ0v) is 10.7. The van der Waals surface area contributed by atoms with Gasteiger partial charge in [0.2, 0.25) is 5.91 Å². The van der Waals surface area contributed by atoms with Gasteiger partial charge < -0.3 is 15.2 Å². The Bertz CT molecular complexity index is 537. The van der Waals surface area contributed by atoms with Crippen molar-refractivity contribution < 1.29 is 14.6 Å². The van der Waals surface area contributed by atoms with Gasteiger partial charge in [-0.3, -0.25) is 4.79 Å². The van der Waals surface area contributed by atoms with Gasteiger partial charge in [0.1, 0.15) is 0 Å². The molecule has 0 aliphatic rings. The van der Waals surface area contributed by atoms with Crippen LogP contribution >= 0.6 is 11.3 Å². The summed E-state index contributed by atoms with van der Waals surface area (Å²) in [6.45, 7) is 0. The molecule has 0 spiro atoms. The van der Waals surface area contributed by atoms with Crippen molar-refractivity contribution in [3.8, 4) is 11.5 Å². The number of benzene rings is 1. The molecule has 0 saturated carbocycles. The van der Waals surface area contributed by atoms with Crippen molar-refractivity contribution in [1.29, 1.82) is 0 Å². The quantitative estimate of drug-likeness (QED) is 0.834. The van der Waals surface area contributed by atoms with Gasteiger partial charge in [-0.05, 0) is 23.6 Å². The third kappa shape index (κ3) is 3.01. The summed E-state index contributed by atoms with van der Waals surface area (Å²) in [5, 5.41) is 14.1. The molecular formula is C13H13NO3S. The second-order valence-electron chi connectivity index (χ2n) is 3.69. The predicted molar refractivity (Wildman–Crippen MR) is 71.3 cm³/mol. The third-order valence-corrected chi connectivity index (χ3v) is 3.25. The van der Waals surface area contributed by atoms with Gasteiger partial charge in [0, 0.05) is 16.6 Å². The van der Waals surface area contributed by atoms with Crippen molar-refractivity contribution in [2.24, 2.45) is 0 Å². The SMILES string of the molecule is COc1cc(NC(=O)Cc2cccs2)ccc1O. The number of methoxy groups -OCH3 is 1. The van der Waals surface area contributed by atoms with Crippen LogP contribution < -0.4 is 10.1 Å². The summed E-state index contributed by atoms with van der Waals surface area (Å²) in [5.41, 5.74) is 0.603. The number of rotatable bonds is 4. The van der Waals surface area contributed by atoms with Crippen LogP contribution in [0.4, 0.5) is 5.69 Å². The van der Waals surface area contributed by atoms with Crippen molar-refractivity contribution >= 4 is 22.9 Å². The molecule has 1 aromatic carbocycles. The van der Waals surface area contributed by atoms with Crippen molar-refractivity contribution in [3.63, 3.8) is 0 Å². The smallest absolute Gasteiger partial charge is 0.229 e. The lowest BCUT2D eigenvalue weighted by atomic mass is 10.2. The van der Waals surface area contributed by atoms with Gasteiger partial charge in [-0.15, -0.1) is 11.3 Å². The molecule has 0 bridgehead atoms. The van der Waals surface area contributed by atoms with E-state index in [4.69, 9.17) is 4.74 Å². The Morgan fingerprint density at radius 2 is 2.28 bits per heavy atom. The van der Waals surface area contributed by atoms with E-state index < -0.39 is 0 Å². The fourth-order valence-electron chi connectivity index (χ4n) is 1.53. The highest BCUT2D eigenvalue weighted by molar-refractivity contribution is 7.10. The first-order valence-electron chi connectivity index (χ1n) is 5.38. The van der Waals surface area contributed by atoms with Gasteiger partial charge in [0.05, 0.1) is 13.5 Å². The van der Waals surface area contributed by atoms with E-state index in [1.807, 2.05) is 17.5 Å². The number of thiophene rings is 1. The van der Waals surface area contributed by atoms with Crippen molar-refractivity contribution in [2.75, 3.05) is 12.4 Å². The van der Waals surface area contributed by atoms with Crippen LogP contribution in [0.2, 0.25) is 0 Å². The monoisotopic (exact) mass is 263 g/mol. The molecule has 0 saturated heterocycles. The molecule has 0 aliphatic heterocycles. The average Bonchev–Trinajstić information content (AvgIpc) is 2.84. The summed E-state index contributed by atoms with van der Waals surface area (Å²) in [4.78, 5) is 12.8. The van der Waals surface area contributed by atoms with Crippen LogP contribution in [0.5, 0.6) is 11.5 Å². The van der Waals surface area contributed by atoms with E-state index in [9.17, 15) is 9.90 Å². The summed E-state index contributed by atoms with van der Waals surface area (Å²) < 4.78 is 4.97. The molecule has 0 radical (unpaired) electrons. The Morgan fingerprint density at radius 3 is 2.94 bits per heavy atom. The summed E-state index contributed by atoms with van der Waals surface area (Å²) in [7, 11) is 1.46. The minimum Gasteiger partial charge on any atom is -0.504 e. The number of hydrogen-bond donors (Lipinski definition) is 2. The highest BCUT2D eigenvalue weighted by Crippen LogP contribution is 2.28. The maximum absolute atomic E-state index is 11.8. The summed E-state index contributed by atoms with van der Waals surface area (Å²) in [5.74, 6) is 0.294. The number of carbonyl (C=O) groups is 1. The lowest BCUT2D eigenvalue weighted by Crippen LogP contribution is -2.13. The van der Waals surface area contributed by atoms with Crippen LogP contribution in [-0.2, 0) is 11.2 Å². The Hall–Kier alpha value is -2.01. The summed E-state index contributed by atoms with van der Waals surface area (Å²) in [6.07, 6.45) is 0.348. The van der Waals surface area contributed by atoms with Crippen LogP contribution in [0.25, 0.3) is 0 Å². The molecule has 94 valence electrons. The Labute approximate surface area is 109 Å². The summed E-state index contributed by atoms with van der Waals surface area (Å²) >= 11 is 1.55. The highest BCUT2D eigenvalue weighted by Gasteiger charge is 2.07. The number of amides is 1. The number of anilines is 1. The first-order valence-corrected chi connectivity index (χ1v) is 6.26. The number of phenolic OH excluding ortho intramolecular Hbond substituents is 1. The van der Waals surface area contributed by atoms with Crippen LogP contribution in [0.1, 0.15) is 4.88 Å². The van der Waals surface area contributed by atoms with E-state index in [0.717, 1.165) is 4.88 Å². The van der Waals surface area contributed by atoms with Crippen LogP contribution in [0.3, 0.4) is 0 Å². The predicted octanol–water partition coefficient (Wildman–Crippen LogP) is 2.64.